The molecule has 1 aromatic heterocycles. The molecule has 1 unspecified atom stereocenters. The first-order valence-corrected chi connectivity index (χ1v) is 10.1. The van der Waals surface area contributed by atoms with Crippen molar-refractivity contribution in [2.75, 3.05) is 5.32 Å². The third kappa shape index (κ3) is 4.79. The summed E-state index contributed by atoms with van der Waals surface area (Å²) in [5.41, 5.74) is 0.592. The molecule has 1 heterocycles. The van der Waals surface area contributed by atoms with Crippen LogP contribution in [0.25, 0.3) is 11.4 Å². The highest BCUT2D eigenvalue weighted by atomic mass is 35.5. The largest absolute Gasteiger partial charge is 0.418 e. The summed E-state index contributed by atoms with van der Waals surface area (Å²) < 4.78 is 41.5. The predicted octanol–water partition coefficient (Wildman–Crippen LogP) is 5.58. The lowest BCUT2D eigenvalue weighted by atomic mass is 10.1. The van der Waals surface area contributed by atoms with Gasteiger partial charge in [0, 0.05) is 17.6 Å². The Morgan fingerprint density at radius 3 is 2.57 bits per heavy atom. The summed E-state index contributed by atoms with van der Waals surface area (Å²) in [6.07, 6.45) is -4.64. The minimum absolute atomic E-state index is 0.0643. The molecule has 158 valence electrons. The molecule has 2 aromatic carbocycles. The van der Waals surface area contributed by atoms with Crippen molar-refractivity contribution in [2.24, 2.45) is 7.05 Å². The number of nitrogens with one attached hydrogen (secondary N) is 1. The minimum Gasteiger partial charge on any atom is -0.325 e. The van der Waals surface area contributed by atoms with Gasteiger partial charge in [-0.3, -0.25) is 4.79 Å². The second-order valence-corrected chi connectivity index (χ2v) is 8.36. The number of alkyl halides is 3. The summed E-state index contributed by atoms with van der Waals surface area (Å²) in [7, 11) is 1.77. The van der Waals surface area contributed by atoms with Gasteiger partial charge in [-0.05, 0) is 37.6 Å². The fraction of sp³-hybridized carbons (Fsp3) is 0.250. The highest BCUT2D eigenvalue weighted by Crippen LogP contribution is 2.37. The maximum atomic E-state index is 13.2. The van der Waals surface area contributed by atoms with E-state index in [1.807, 2.05) is 31.2 Å². The van der Waals surface area contributed by atoms with Crippen LogP contribution in [0, 0.1) is 6.92 Å². The number of halogens is 4. The first-order chi connectivity index (χ1) is 14.1. The van der Waals surface area contributed by atoms with Crippen LogP contribution in [0.3, 0.4) is 0 Å². The summed E-state index contributed by atoms with van der Waals surface area (Å²) in [5, 5.41) is 10.4. The van der Waals surface area contributed by atoms with Crippen LogP contribution in [0.15, 0.2) is 47.6 Å². The number of aromatic nitrogens is 3. The van der Waals surface area contributed by atoms with Crippen molar-refractivity contribution in [1.82, 2.24) is 14.8 Å². The van der Waals surface area contributed by atoms with E-state index in [1.54, 1.807) is 18.5 Å². The molecule has 0 saturated carbocycles. The average Bonchev–Trinajstić information content (AvgIpc) is 3.03. The molecular formula is C20H18ClF3N4OS. The van der Waals surface area contributed by atoms with Crippen LogP contribution in [-0.4, -0.2) is 25.9 Å². The van der Waals surface area contributed by atoms with Gasteiger partial charge in [-0.25, -0.2) is 0 Å². The number of carbonyl (C=O) groups excluding carboxylic acids is 1. The zero-order valence-electron chi connectivity index (χ0n) is 16.3. The maximum Gasteiger partial charge on any atom is 0.418 e. The molecule has 30 heavy (non-hydrogen) atoms. The van der Waals surface area contributed by atoms with E-state index < -0.39 is 22.9 Å². The first kappa shape index (κ1) is 22.2. The standard InChI is InChI=1S/C20H18ClF3N4OS/c1-11-6-4-5-7-14(11)17-26-27-19(28(17)3)30-12(2)18(29)25-16-9-8-13(21)10-15(16)20(22,23)24/h4-10,12H,1-3H3,(H,25,29). The normalized spacial score (nSPS) is 12.6. The van der Waals surface area contributed by atoms with Crippen molar-refractivity contribution >= 4 is 35.0 Å². The van der Waals surface area contributed by atoms with Crippen LogP contribution in [-0.2, 0) is 18.0 Å². The van der Waals surface area contributed by atoms with Crippen LogP contribution in [0.2, 0.25) is 5.02 Å². The van der Waals surface area contributed by atoms with Crippen molar-refractivity contribution in [2.45, 2.75) is 30.4 Å². The molecule has 1 atom stereocenters. The van der Waals surface area contributed by atoms with Gasteiger partial charge in [0.2, 0.25) is 5.91 Å². The summed E-state index contributed by atoms with van der Waals surface area (Å²) in [6, 6.07) is 10.9. The number of thioether (sulfide) groups is 1. The molecule has 1 amide bonds. The lowest BCUT2D eigenvalue weighted by Gasteiger charge is -2.16. The molecule has 0 aliphatic carbocycles. The van der Waals surface area contributed by atoms with Crippen molar-refractivity contribution < 1.29 is 18.0 Å². The zero-order chi connectivity index (χ0) is 22.1. The average molecular weight is 455 g/mol. The Morgan fingerprint density at radius 1 is 1.20 bits per heavy atom. The van der Waals surface area contributed by atoms with Crippen LogP contribution in [0.1, 0.15) is 18.1 Å². The summed E-state index contributed by atoms with van der Waals surface area (Å²) in [5.74, 6) is 0.0496. The van der Waals surface area contributed by atoms with Gasteiger partial charge in [0.1, 0.15) is 0 Å². The van der Waals surface area contributed by atoms with Crippen molar-refractivity contribution in [1.29, 1.82) is 0 Å². The topological polar surface area (TPSA) is 59.8 Å². The highest BCUT2D eigenvalue weighted by Gasteiger charge is 2.34. The quantitative estimate of drug-likeness (QED) is 0.511. The van der Waals surface area contributed by atoms with E-state index in [9.17, 15) is 18.0 Å². The van der Waals surface area contributed by atoms with Gasteiger partial charge in [-0.1, -0.05) is 47.6 Å². The SMILES string of the molecule is Cc1ccccc1-c1nnc(SC(C)C(=O)Nc2ccc(Cl)cc2C(F)(F)F)n1C. The molecule has 0 aliphatic rings. The summed E-state index contributed by atoms with van der Waals surface area (Å²) >= 11 is 6.78. The van der Waals surface area contributed by atoms with Crippen LogP contribution >= 0.6 is 23.4 Å². The second-order valence-electron chi connectivity index (χ2n) is 6.62. The molecule has 0 aliphatic heterocycles. The highest BCUT2D eigenvalue weighted by molar-refractivity contribution is 8.00. The molecule has 0 spiro atoms. The molecule has 3 aromatic rings. The molecule has 0 bridgehead atoms. The Labute approximate surface area is 180 Å². The molecule has 3 rings (SSSR count). The smallest absolute Gasteiger partial charge is 0.325 e. The fourth-order valence-corrected chi connectivity index (χ4v) is 3.77. The molecule has 10 heteroatoms. The molecule has 0 fully saturated rings. The van der Waals surface area contributed by atoms with E-state index in [1.165, 1.54) is 6.07 Å². The molecule has 0 saturated heterocycles. The van der Waals surface area contributed by atoms with E-state index in [0.717, 1.165) is 35.0 Å². The van der Waals surface area contributed by atoms with E-state index in [-0.39, 0.29) is 10.7 Å². The summed E-state index contributed by atoms with van der Waals surface area (Å²) in [4.78, 5) is 12.5. The Bertz CT molecular complexity index is 1080. The van der Waals surface area contributed by atoms with Crippen LogP contribution in [0.4, 0.5) is 18.9 Å². The third-order valence-electron chi connectivity index (χ3n) is 4.42. The monoisotopic (exact) mass is 454 g/mol. The molecule has 5 nitrogen and oxygen atoms in total. The van der Waals surface area contributed by atoms with E-state index in [2.05, 4.69) is 15.5 Å². The fourth-order valence-electron chi connectivity index (χ4n) is 2.78. The molecule has 0 radical (unpaired) electrons. The van der Waals surface area contributed by atoms with Gasteiger partial charge in [-0.2, -0.15) is 13.2 Å². The molecular weight excluding hydrogens is 437 g/mol. The van der Waals surface area contributed by atoms with Crippen molar-refractivity contribution in [3.8, 4) is 11.4 Å². The van der Waals surface area contributed by atoms with Gasteiger partial charge in [-0.15, -0.1) is 10.2 Å². The maximum absolute atomic E-state index is 13.2. The lowest BCUT2D eigenvalue weighted by Crippen LogP contribution is -2.24. The zero-order valence-corrected chi connectivity index (χ0v) is 17.9. The Balaban J connectivity index is 1.77. The number of hydrogen-bond donors (Lipinski definition) is 1. The van der Waals surface area contributed by atoms with Gasteiger partial charge in [0.25, 0.3) is 0 Å². The Hall–Kier alpha value is -2.52. The summed E-state index contributed by atoms with van der Waals surface area (Å²) in [6.45, 7) is 3.54. The van der Waals surface area contributed by atoms with E-state index in [0.29, 0.717) is 11.0 Å². The van der Waals surface area contributed by atoms with Gasteiger partial charge >= 0.3 is 6.18 Å². The minimum atomic E-state index is -4.64. The number of nitrogens with zero attached hydrogens (tertiary/aromatic N) is 3. The van der Waals surface area contributed by atoms with E-state index >= 15 is 0 Å². The predicted molar refractivity (Wildman–Crippen MR) is 112 cm³/mol. The van der Waals surface area contributed by atoms with Gasteiger partial charge in [0.15, 0.2) is 11.0 Å². The number of carbonyl (C=O) groups is 1. The number of benzene rings is 2. The first-order valence-electron chi connectivity index (χ1n) is 8.87. The molecule has 1 N–H and O–H groups in total. The Kier molecular flexibility index (Phi) is 6.42. The second kappa shape index (κ2) is 8.69. The van der Waals surface area contributed by atoms with Crippen LogP contribution in [0.5, 0.6) is 0 Å². The van der Waals surface area contributed by atoms with Crippen molar-refractivity contribution in [3.63, 3.8) is 0 Å². The number of hydrogen-bond acceptors (Lipinski definition) is 4. The number of amides is 1. The van der Waals surface area contributed by atoms with Crippen molar-refractivity contribution in [3.05, 3.63) is 58.6 Å². The van der Waals surface area contributed by atoms with Gasteiger partial charge in [0.05, 0.1) is 16.5 Å². The number of anilines is 1. The number of aryl methyl sites for hydroxylation is 1. The number of rotatable bonds is 5. The third-order valence-corrected chi connectivity index (χ3v) is 5.79. The Morgan fingerprint density at radius 2 is 1.90 bits per heavy atom. The van der Waals surface area contributed by atoms with Gasteiger partial charge < -0.3 is 9.88 Å². The lowest BCUT2D eigenvalue weighted by molar-refractivity contribution is -0.137. The van der Waals surface area contributed by atoms with E-state index in [4.69, 9.17) is 11.6 Å². The van der Waals surface area contributed by atoms with Crippen LogP contribution < -0.4 is 5.32 Å².